The molecule has 1 fully saturated rings. The summed E-state index contributed by atoms with van der Waals surface area (Å²) in [4.78, 5) is 0. The molecule has 0 saturated carbocycles. The van der Waals surface area contributed by atoms with Crippen LogP contribution in [0.1, 0.15) is 0 Å². The van der Waals surface area contributed by atoms with E-state index in [9.17, 15) is 0 Å². The van der Waals surface area contributed by atoms with Gasteiger partial charge in [0.2, 0.25) is 0 Å². The van der Waals surface area contributed by atoms with Gasteiger partial charge in [-0.05, 0) is 13.1 Å². The van der Waals surface area contributed by atoms with Gasteiger partial charge < -0.3 is 13.4 Å². The third-order valence-electron chi connectivity index (χ3n) is 4.39. The van der Waals surface area contributed by atoms with Crippen molar-refractivity contribution in [3.63, 3.8) is 0 Å². The molecule has 92 valence electrons. The standard InChI is InChI=1S/C12H20BNO2Si/c1-14(2)9-10-15-13(14)11-7-5-6-8-12(11)17(3,4)16-13/h5-8H,9-10H2,1-4H3/t13-/m1/s1. The second kappa shape index (κ2) is 3.23. The average molecular weight is 249 g/mol. The molecular weight excluding hydrogens is 229 g/mol. The molecule has 0 aromatic heterocycles. The van der Waals surface area contributed by atoms with E-state index in [0.717, 1.165) is 17.5 Å². The van der Waals surface area contributed by atoms with E-state index < -0.39 is 15.0 Å². The number of likely N-dealkylation sites (N-methyl/N-ethyl adjacent to an activating group) is 1. The van der Waals surface area contributed by atoms with E-state index in [1.807, 2.05) is 0 Å². The molecule has 1 atom stereocenters. The summed E-state index contributed by atoms with van der Waals surface area (Å²) in [5.74, 6) is 0. The highest BCUT2D eigenvalue weighted by molar-refractivity contribution is 7.02. The Morgan fingerprint density at radius 1 is 1.24 bits per heavy atom. The van der Waals surface area contributed by atoms with Crippen LogP contribution in [0.2, 0.25) is 13.1 Å². The van der Waals surface area contributed by atoms with Crippen LogP contribution >= 0.6 is 0 Å². The molecule has 5 heteroatoms. The molecule has 0 N–H and O–H groups in total. The fourth-order valence-electron chi connectivity index (χ4n) is 3.35. The molecule has 1 spiro atoms. The molecule has 2 aliphatic rings. The molecule has 0 aliphatic carbocycles. The smallest absolute Gasteiger partial charge is 0.492 e. The molecule has 2 aliphatic heterocycles. The van der Waals surface area contributed by atoms with Gasteiger partial charge in [-0.3, -0.25) is 0 Å². The molecule has 17 heavy (non-hydrogen) atoms. The van der Waals surface area contributed by atoms with Gasteiger partial charge in [-0.15, -0.1) is 0 Å². The number of benzene rings is 1. The highest BCUT2D eigenvalue weighted by Crippen LogP contribution is 2.32. The van der Waals surface area contributed by atoms with Crippen molar-refractivity contribution in [2.45, 2.75) is 13.1 Å². The van der Waals surface area contributed by atoms with Gasteiger partial charge in [0.15, 0.2) is 8.32 Å². The van der Waals surface area contributed by atoms with Crippen molar-refractivity contribution in [1.82, 2.24) is 0 Å². The largest absolute Gasteiger partial charge is 0.551 e. The van der Waals surface area contributed by atoms with Crippen LogP contribution in [-0.2, 0) is 9.00 Å². The summed E-state index contributed by atoms with van der Waals surface area (Å²) in [6.07, 6.45) is 0. The molecule has 0 bridgehead atoms. The van der Waals surface area contributed by atoms with Gasteiger partial charge >= 0.3 is 6.69 Å². The highest BCUT2D eigenvalue weighted by Gasteiger charge is 2.60. The minimum Gasteiger partial charge on any atom is -0.551 e. The number of hydrogen-bond acceptors (Lipinski definition) is 2. The Morgan fingerprint density at radius 2 is 1.94 bits per heavy atom. The summed E-state index contributed by atoms with van der Waals surface area (Å²) in [5, 5.41) is 1.41. The van der Waals surface area contributed by atoms with Crippen LogP contribution in [0.5, 0.6) is 0 Å². The van der Waals surface area contributed by atoms with Gasteiger partial charge in [0, 0.05) is 14.1 Å². The fourth-order valence-corrected chi connectivity index (χ4v) is 6.22. The summed E-state index contributed by atoms with van der Waals surface area (Å²) < 4.78 is 13.5. The van der Waals surface area contributed by atoms with E-state index in [2.05, 4.69) is 51.5 Å². The summed E-state index contributed by atoms with van der Waals surface area (Å²) >= 11 is 0. The van der Waals surface area contributed by atoms with Crippen LogP contribution in [0.3, 0.4) is 0 Å². The third kappa shape index (κ3) is 1.34. The summed E-state index contributed by atoms with van der Waals surface area (Å²) in [6, 6.07) is 8.63. The molecule has 0 amide bonds. The lowest BCUT2D eigenvalue weighted by Crippen LogP contribution is -2.69. The summed E-state index contributed by atoms with van der Waals surface area (Å²) in [6.45, 7) is 5.04. The van der Waals surface area contributed by atoms with E-state index >= 15 is 0 Å². The van der Waals surface area contributed by atoms with Crippen LogP contribution < -0.4 is 10.6 Å². The van der Waals surface area contributed by atoms with Crippen molar-refractivity contribution >= 4 is 25.7 Å². The maximum Gasteiger partial charge on any atom is 0.492 e. The Hall–Kier alpha value is -0.618. The second-order valence-corrected chi connectivity index (χ2v) is 10.1. The molecule has 1 aromatic rings. The minimum atomic E-state index is -1.80. The third-order valence-corrected chi connectivity index (χ3v) is 7.05. The predicted molar refractivity (Wildman–Crippen MR) is 73.0 cm³/mol. The highest BCUT2D eigenvalue weighted by atomic mass is 28.4. The summed E-state index contributed by atoms with van der Waals surface area (Å²) in [7, 11) is 2.64. The molecule has 0 radical (unpaired) electrons. The lowest BCUT2D eigenvalue weighted by Gasteiger charge is -2.47. The van der Waals surface area contributed by atoms with Crippen LogP contribution in [0.4, 0.5) is 0 Å². The first kappa shape index (κ1) is 11.5. The van der Waals surface area contributed by atoms with E-state index in [-0.39, 0.29) is 0 Å². The van der Waals surface area contributed by atoms with Gasteiger partial charge in [-0.2, -0.15) is 0 Å². The van der Waals surface area contributed by atoms with Gasteiger partial charge in [0.25, 0.3) is 0 Å². The maximum absolute atomic E-state index is 6.53. The predicted octanol–water partition coefficient (Wildman–Crippen LogP) is 0.381. The monoisotopic (exact) mass is 249 g/mol. The molecule has 3 rings (SSSR count). The summed E-state index contributed by atoms with van der Waals surface area (Å²) in [5.41, 5.74) is 1.31. The van der Waals surface area contributed by atoms with Crippen LogP contribution in [0.15, 0.2) is 24.3 Å². The van der Waals surface area contributed by atoms with Gasteiger partial charge in [-0.1, -0.05) is 34.9 Å². The molecule has 0 unspecified atom stereocenters. The quantitative estimate of drug-likeness (QED) is 0.619. The number of nitrogens with zero attached hydrogens (tertiary/aromatic N) is 1. The molecule has 1 aromatic carbocycles. The SMILES string of the molecule is C[N+]1(C)CCO[B@-]12O[Si](C)(C)c1ccccc12. The maximum atomic E-state index is 6.53. The molecule has 3 nitrogen and oxygen atoms in total. The number of rotatable bonds is 0. The van der Waals surface area contributed by atoms with Crippen LogP contribution in [-0.4, -0.2) is 46.6 Å². The zero-order valence-corrected chi connectivity index (χ0v) is 12.1. The number of fused-ring (bicyclic) bond motifs is 2. The van der Waals surface area contributed by atoms with Crippen molar-refractivity contribution in [2.24, 2.45) is 0 Å². The van der Waals surface area contributed by atoms with Crippen molar-refractivity contribution in [2.75, 3.05) is 27.2 Å². The number of quaternary nitrogens is 1. The van der Waals surface area contributed by atoms with Gasteiger partial charge in [0.1, 0.15) is 0 Å². The van der Waals surface area contributed by atoms with Crippen molar-refractivity contribution in [3.8, 4) is 0 Å². The van der Waals surface area contributed by atoms with E-state index in [1.54, 1.807) is 0 Å². The Bertz CT molecular complexity index is 477. The molecule has 2 heterocycles. The fraction of sp³-hybridized carbons (Fsp3) is 0.500. The minimum absolute atomic E-state index is 0.797. The van der Waals surface area contributed by atoms with Crippen LogP contribution in [0.25, 0.3) is 0 Å². The Labute approximate surface area is 104 Å². The second-order valence-electron chi connectivity index (χ2n) is 6.26. The van der Waals surface area contributed by atoms with Gasteiger partial charge in [-0.25, -0.2) is 0 Å². The Balaban J connectivity index is 2.24. The first-order valence-corrected chi connectivity index (χ1v) is 9.21. The molecule has 1 saturated heterocycles. The van der Waals surface area contributed by atoms with Crippen molar-refractivity contribution in [1.29, 1.82) is 0 Å². The van der Waals surface area contributed by atoms with Crippen molar-refractivity contribution in [3.05, 3.63) is 24.3 Å². The topological polar surface area (TPSA) is 18.5 Å². The Kier molecular flexibility index (Phi) is 2.18. The zero-order valence-electron chi connectivity index (χ0n) is 11.1. The lowest BCUT2D eigenvalue weighted by atomic mass is 9.61. The van der Waals surface area contributed by atoms with Crippen molar-refractivity contribution < 1.29 is 13.4 Å². The Morgan fingerprint density at radius 3 is 2.59 bits per heavy atom. The van der Waals surface area contributed by atoms with E-state index in [0.29, 0.717) is 0 Å². The molecular formula is C12H20BNO2Si. The van der Waals surface area contributed by atoms with Gasteiger partial charge in [0.05, 0.1) is 13.2 Å². The van der Waals surface area contributed by atoms with E-state index in [4.69, 9.17) is 9.00 Å². The number of hydrogen-bond donors (Lipinski definition) is 0. The zero-order chi connectivity index (χ0) is 12.3. The van der Waals surface area contributed by atoms with E-state index in [1.165, 1.54) is 10.6 Å². The normalized spacial score (nSPS) is 32.9. The average Bonchev–Trinajstić information content (AvgIpc) is 2.66. The lowest BCUT2D eigenvalue weighted by molar-refractivity contribution is -0.790. The van der Waals surface area contributed by atoms with Crippen LogP contribution in [0, 0.1) is 0 Å². The first-order chi connectivity index (χ1) is 7.89. The first-order valence-electron chi connectivity index (χ1n) is 6.30.